The first-order valence-corrected chi connectivity index (χ1v) is 6.73. The van der Waals surface area contributed by atoms with Crippen LogP contribution < -0.4 is 5.32 Å². The van der Waals surface area contributed by atoms with Crippen molar-refractivity contribution < 1.29 is 14.3 Å². The van der Waals surface area contributed by atoms with Crippen molar-refractivity contribution in [2.75, 3.05) is 6.61 Å². The molecular formula is C16H16N2O3. The molecule has 5 heteroatoms. The van der Waals surface area contributed by atoms with Gasteiger partial charge in [0, 0.05) is 6.04 Å². The number of carbonyl (C=O) groups is 2. The maximum absolute atomic E-state index is 11.8. The second-order valence-electron chi connectivity index (χ2n) is 5.00. The van der Waals surface area contributed by atoms with Gasteiger partial charge in [-0.25, -0.2) is 4.79 Å². The molecule has 0 radical (unpaired) electrons. The number of nitrogens with zero attached hydrogens (tertiary/aromatic N) is 1. The molecule has 0 aliphatic heterocycles. The molecule has 1 aromatic carbocycles. The van der Waals surface area contributed by atoms with Crippen molar-refractivity contribution in [3.05, 3.63) is 41.0 Å². The zero-order chi connectivity index (χ0) is 15.2. The number of ether oxygens (including phenoxy) is 1. The van der Waals surface area contributed by atoms with E-state index in [1.165, 1.54) is 6.08 Å². The predicted molar refractivity (Wildman–Crippen MR) is 76.9 cm³/mol. The van der Waals surface area contributed by atoms with Crippen LogP contribution in [0.5, 0.6) is 0 Å². The fraction of sp³-hybridized carbons (Fsp3) is 0.312. The van der Waals surface area contributed by atoms with Crippen LogP contribution in [0.15, 0.2) is 29.8 Å². The van der Waals surface area contributed by atoms with Crippen molar-refractivity contribution in [2.45, 2.75) is 25.8 Å². The zero-order valence-corrected chi connectivity index (χ0v) is 11.8. The second-order valence-corrected chi connectivity index (χ2v) is 5.00. The molecule has 0 saturated heterocycles. The highest BCUT2D eigenvalue weighted by molar-refractivity contribution is 5.98. The van der Waals surface area contributed by atoms with Crippen molar-refractivity contribution in [1.82, 2.24) is 5.32 Å². The van der Waals surface area contributed by atoms with E-state index in [2.05, 4.69) is 5.32 Å². The maximum atomic E-state index is 11.8. The molecule has 0 bridgehead atoms. The third kappa shape index (κ3) is 4.77. The topological polar surface area (TPSA) is 79.2 Å². The summed E-state index contributed by atoms with van der Waals surface area (Å²) in [5.74, 6) is -1.12. The van der Waals surface area contributed by atoms with E-state index >= 15 is 0 Å². The average Bonchev–Trinajstić information content (AvgIpc) is 3.28. The first kappa shape index (κ1) is 14.8. The molecule has 1 aliphatic rings. The van der Waals surface area contributed by atoms with Gasteiger partial charge in [0.05, 0.1) is 0 Å². The molecule has 0 aromatic heterocycles. The fourth-order valence-corrected chi connectivity index (χ4v) is 1.67. The third-order valence-electron chi connectivity index (χ3n) is 3.01. The van der Waals surface area contributed by atoms with E-state index in [9.17, 15) is 9.59 Å². The molecule has 108 valence electrons. The van der Waals surface area contributed by atoms with E-state index in [1.54, 1.807) is 18.2 Å². The van der Waals surface area contributed by atoms with Gasteiger partial charge in [0.25, 0.3) is 5.91 Å². The molecule has 0 heterocycles. The van der Waals surface area contributed by atoms with Crippen LogP contribution >= 0.6 is 0 Å². The van der Waals surface area contributed by atoms with Crippen molar-refractivity contribution in [3.63, 3.8) is 0 Å². The lowest BCUT2D eigenvalue weighted by molar-refractivity contribution is -0.144. The second kappa shape index (κ2) is 6.71. The molecule has 2 rings (SSSR count). The molecule has 1 N–H and O–H groups in total. The van der Waals surface area contributed by atoms with Crippen LogP contribution in [0.25, 0.3) is 6.08 Å². The summed E-state index contributed by atoms with van der Waals surface area (Å²) in [6.07, 6.45) is 3.38. The Morgan fingerprint density at radius 2 is 2.05 bits per heavy atom. The van der Waals surface area contributed by atoms with Gasteiger partial charge in [-0.3, -0.25) is 4.79 Å². The summed E-state index contributed by atoms with van der Waals surface area (Å²) in [7, 11) is 0. The van der Waals surface area contributed by atoms with Crippen LogP contribution in [0.4, 0.5) is 0 Å². The Labute approximate surface area is 123 Å². The highest BCUT2D eigenvalue weighted by Gasteiger charge is 2.23. The molecule has 0 spiro atoms. The Balaban J connectivity index is 1.92. The molecular weight excluding hydrogens is 268 g/mol. The van der Waals surface area contributed by atoms with E-state index in [1.807, 2.05) is 19.1 Å². The molecule has 1 fully saturated rings. The normalized spacial score (nSPS) is 14.2. The van der Waals surface area contributed by atoms with E-state index in [0.29, 0.717) is 0 Å². The summed E-state index contributed by atoms with van der Waals surface area (Å²) in [6.45, 7) is 1.59. The van der Waals surface area contributed by atoms with Gasteiger partial charge in [0.2, 0.25) is 0 Å². The molecule has 1 amide bonds. The zero-order valence-electron chi connectivity index (χ0n) is 11.8. The third-order valence-corrected chi connectivity index (χ3v) is 3.01. The largest absolute Gasteiger partial charge is 0.451 e. The van der Waals surface area contributed by atoms with Gasteiger partial charge in [0.1, 0.15) is 11.6 Å². The van der Waals surface area contributed by atoms with Crippen molar-refractivity contribution >= 4 is 18.0 Å². The van der Waals surface area contributed by atoms with Crippen LogP contribution in [-0.2, 0) is 14.3 Å². The van der Waals surface area contributed by atoms with Gasteiger partial charge >= 0.3 is 5.97 Å². The summed E-state index contributed by atoms with van der Waals surface area (Å²) < 4.78 is 4.84. The van der Waals surface area contributed by atoms with E-state index in [4.69, 9.17) is 10.00 Å². The number of hydrogen-bond acceptors (Lipinski definition) is 4. The predicted octanol–water partition coefficient (Wildman–Crippen LogP) is 1.72. The fourth-order valence-electron chi connectivity index (χ4n) is 1.67. The standard InChI is InChI=1S/C16H16N2O3/c1-11-2-4-12(5-3-11)8-13(9-17)16(20)21-10-15(19)18-14-6-7-14/h2-5,8,14H,6-7,10H2,1H3,(H,18,19)/b13-8+. The first-order valence-electron chi connectivity index (χ1n) is 6.73. The summed E-state index contributed by atoms with van der Waals surface area (Å²) in [6, 6.07) is 9.39. The van der Waals surface area contributed by atoms with E-state index < -0.39 is 5.97 Å². The SMILES string of the molecule is Cc1ccc(/C=C(\C#N)C(=O)OCC(=O)NC2CC2)cc1. The van der Waals surface area contributed by atoms with Crippen LogP contribution in [0.1, 0.15) is 24.0 Å². The van der Waals surface area contributed by atoms with Crippen molar-refractivity contribution in [3.8, 4) is 6.07 Å². The number of nitrogens with one attached hydrogen (secondary N) is 1. The first-order chi connectivity index (χ1) is 10.1. The van der Waals surface area contributed by atoms with Gasteiger partial charge in [-0.15, -0.1) is 0 Å². The number of rotatable bonds is 5. The molecule has 5 nitrogen and oxygen atoms in total. The molecule has 21 heavy (non-hydrogen) atoms. The summed E-state index contributed by atoms with van der Waals surface area (Å²) in [5, 5.41) is 11.7. The van der Waals surface area contributed by atoms with Gasteiger partial charge in [0.15, 0.2) is 6.61 Å². The van der Waals surface area contributed by atoms with Crippen molar-refractivity contribution in [2.24, 2.45) is 0 Å². The number of hydrogen-bond donors (Lipinski definition) is 1. The Hall–Kier alpha value is -2.61. The average molecular weight is 284 g/mol. The van der Waals surface area contributed by atoms with Crippen LogP contribution in [-0.4, -0.2) is 24.5 Å². The minimum absolute atomic E-state index is 0.127. The molecule has 0 atom stereocenters. The Kier molecular flexibility index (Phi) is 4.72. The van der Waals surface area contributed by atoms with Gasteiger partial charge in [-0.05, 0) is 31.4 Å². The number of carbonyl (C=O) groups excluding carboxylic acids is 2. The maximum Gasteiger partial charge on any atom is 0.349 e. The molecule has 1 saturated carbocycles. The lowest BCUT2D eigenvalue weighted by atomic mass is 10.1. The van der Waals surface area contributed by atoms with Gasteiger partial charge in [-0.2, -0.15) is 5.26 Å². The number of benzene rings is 1. The van der Waals surface area contributed by atoms with Crippen LogP contribution in [0.2, 0.25) is 0 Å². The summed E-state index contributed by atoms with van der Waals surface area (Å²) in [4.78, 5) is 23.2. The highest BCUT2D eigenvalue weighted by atomic mass is 16.5. The molecule has 0 unspecified atom stereocenters. The molecule has 1 aliphatic carbocycles. The number of nitriles is 1. The number of aryl methyl sites for hydroxylation is 1. The monoisotopic (exact) mass is 284 g/mol. The minimum Gasteiger partial charge on any atom is -0.451 e. The quantitative estimate of drug-likeness (QED) is 0.507. The highest BCUT2D eigenvalue weighted by Crippen LogP contribution is 2.18. The Morgan fingerprint density at radius 1 is 1.38 bits per heavy atom. The smallest absolute Gasteiger partial charge is 0.349 e. The van der Waals surface area contributed by atoms with E-state index in [0.717, 1.165) is 24.0 Å². The van der Waals surface area contributed by atoms with Crippen LogP contribution in [0.3, 0.4) is 0 Å². The van der Waals surface area contributed by atoms with Gasteiger partial charge in [-0.1, -0.05) is 29.8 Å². The number of amides is 1. The van der Waals surface area contributed by atoms with Gasteiger partial charge < -0.3 is 10.1 Å². The minimum atomic E-state index is -0.788. The lowest BCUT2D eigenvalue weighted by Gasteiger charge is -2.04. The summed E-state index contributed by atoms with van der Waals surface area (Å²) >= 11 is 0. The van der Waals surface area contributed by atoms with Crippen LogP contribution in [0, 0.1) is 18.3 Å². The summed E-state index contributed by atoms with van der Waals surface area (Å²) in [5.41, 5.74) is 1.69. The van der Waals surface area contributed by atoms with E-state index in [-0.39, 0.29) is 24.1 Å². The van der Waals surface area contributed by atoms with Crippen molar-refractivity contribution in [1.29, 1.82) is 5.26 Å². The molecule has 1 aromatic rings. The Morgan fingerprint density at radius 3 is 2.62 bits per heavy atom. The number of esters is 1. The Bertz CT molecular complexity index is 607. The lowest BCUT2D eigenvalue weighted by Crippen LogP contribution is -2.30.